The first-order valence-electron chi connectivity index (χ1n) is 9.58. The van der Waals surface area contributed by atoms with Gasteiger partial charge in [-0.2, -0.15) is 0 Å². The number of carbonyl (C=O) groups is 1. The van der Waals surface area contributed by atoms with Crippen LogP contribution in [0.2, 0.25) is 0 Å². The summed E-state index contributed by atoms with van der Waals surface area (Å²) in [5.74, 6) is 1.19. The minimum atomic E-state index is -0.207. The van der Waals surface area contributed by atoms with Crippen molar-refractivity contribution in [2.75, 3.05) is 7.11 Å². The van der Waals surface area contributed by atoms with Gasteiger partial charge in [-0.1, -0.05) is 62.2 Å². The summed E-state index contributed by atoms with van der Waals surface area (Å²) in [6.07, 6.45) is 5.81. The van der Waals surface area contributed by atoms with E-state index in [0.29, 0.717) is 12.3 Å². The van der Waals surface area contributed by atoms with Crippen LogP contribution in [0, 0.1) is 0 Å². The highest BCUT2D eigenvalue weighted by atomic mass is 16.5. The van der Waals surface area contributed by atoms with Crippen LogP contribution in [0.25, 0.3) is 6.08 Å². The maximum Gasteiger partial charge on any atom is 0.292 e. The zero-order valence-electron chi connectivity index (χ0n) is 16.1. The van der Waals surface area contributed by atoms with Gasteiger partial charge in [0.05, 0.1) is 7.11 Å². The first-order chi connectivity index (χ1) is 13.2. The summed E-state index contributed by atoms with van der Waals surface area (Å²) in [7, 11) is 1.65. The lowest BCUT2D eigenvalue weighted by molar-refractivity contribution is -0.127. The second kappa shape index (κ2) is 9.26. The average molecular weight is 365 g/mol. The van der Waals surface area contributed by atoms with E-state index in [1.807, 2.05) is 65.6 Å². The Morgan fingerprint density at radius 3 is 2.48 bits per heavy atom. The molecule has 0 spiro atoms. The van der Waals surface area contributed by atoms with Crippen LogP contribution in [0.1, 0.15) is 43.7 Å². The smallest absolute Gasteiger partial charge is 0.292 e. The van der Waals surface area contributed by atoms with Crippen LogP contribution in [0.4, 0.5) is 0 Å². The molecule has 4 heteroatoms. The van der Waals surface area contributed by atoms with Gasteiger partial charge in [0.2, 0.25) is 0 Å². The molecule has 1 aliphatic heterocycles. The molecule has 1 amide bonds. The van der Waals surface area contributed by atoms with E-state index in [9.17, 15) is 4.79 Å². The molecule has 0 N–H and O–H groups in total. The quantitative estimate of drug-likeness (QED) is 0.488. The van der Waals surface area contributed by atoms with E-state index in [1.165, 1.54) is 0 Å². The Labute approximate surface area is 161 Å². The lowest BCUT2D eigenvalue weighted by Crippen LogP contribution is -2.33. The molecular weight excluding hydrogens is 338 g/mol. The summed E-state index contributed by atoms with van der Waals surface area (Å²) in [4.78, 5) is 14.8. The highest BCUT2D eigenvalue weighted by Gasteiger charge is 2.36. The lowest BCUT2D eigenvalue weighted by Gasteiger charge is -2.22. The Morgan fingerprint density at radius 1 is 1.07 bits per heavy atom. The number of nitrogens with zero attached hydrogens (tertiary/aromatic N) is 1. The fraction of sp³-hybridized carbons (Fsp3) is 0.348. The Bertz CT molecular complexity index is 768. The third-order valence-electron chi connectivity index (χ3n) is 4.75. The molecule has 3 rings (SSSR count). The molecule has 27 heavy (non-hydrogen) atoms. The number of benzene rings is 2. The molecule has 1 aliphatic rings. The van der Waals surface area contributed by atoms with Gasteiger partial charge in [0.1, 0.15) is 5.75 Å². The van der Waals surface area contributed by atoms with E-state index in [4.69, 9.17) is 9.47 Å². The summed E-state index contributed by atoms with van der Waals surface area (Å²) < 4.78 is 11.3. The van der Waals surface area contributed by atoms with Gasteiger partial charge in [-0.3, -0.25) is 9.69 Å². The van der Waals surface area contributed by atoms with Crippen LogP contribution in [-0.2, 0) is 16.1 Å². The molecule has 0 radical (unpaired) electrons. The largest absolute Gasteiger partial charge is 0.497 e. The Morgan fingerprint density at radius 2 is 1.81 bits per heavy atom. The molecule has 2 aromatic carbocycles. The van der Waals surface area contributed by atoms with E-state index in [-0.39, 0.29) is 12.1 Å². The van der Waals surface area contributed by atoms with Gasteiger partial charge >= 0.3 is 0 Å². The van der Waals surface area contributed by atoms with Crippen LogP contribution in [0.5, 0.6) is 5.75 Å². The molecule has 0 bridgehead atoms. The summed E-state index contributed by atoms with van der Waals surface area (Å²) in [6.45, 7) is 2.71. The van der Waals surface area contributed by atoms with Gasteiger partial charge in [-0.15, -0.1) is 0 Å². The molecule has 2 aromatic rings. The molecule has 0 aliphatic carbocycles. The van der Waals surface area contributed by atoms with Crippen molar-refractivity contribution >= 4 is 12.0 Å². The minimum Gasteiger partial charge on any atom is -0.497 e. The van der Waals surface area contributed by atoms with E-state index in [2.05, 4.69) is 6.92 Å². The molecule has 1 atom stereocenters. The molecule has 0 saturated carbocycles. The maximum atomic E-state index is 13.0. The fourth-order valence-electron chi connectivity index (χ4n) is 3.21. The fourth-order valence-corrected chi connectivity index (χ4v) is 3.21. The van der Waals surface area contributed by atoms with Gasteiger partial charge in [-0.25, -0.2) is 0 Å². The average Bonchev–Trinajstić information content (AvgIpc) is 2.98. The Balaban J connectivity index is 1.78. The molecule has 0 aromatic heterocycles. The van der Waals surface area contributed by atoms with Crippen molar-refractivity contribution in [3.05, 3.63) is 71.5 Å². The van der Waals surface area contributed by atoms with Gasteiger partial charge in [-0.05, 0) is 35.8 Å². The third kappa shape index (κ3) is 4.91. The highest BCUT2D eigenvalue weighted by molar-refractivity contribution is 5.97. The number of rotatable bonds is 8. The Kier molecular flexibility index (Phi) is 6.53. The van der Waals surface area contributed by atoms with Crippen molar-refractivity contribution in [3.8, 4) is 5.75 Å². The van der Waals surface area contributed by atoms with Crippen LogP contribution in [0.15, 0.2) is 60.4 Å². The van der Waals surface area contributed by atoms with Crippen LogP contribution in [0.3, 0.4) is 0 Å². The summed E-state index contributed by atoms with van der Waals surface area (Å²) in [6, 6.07) is 17.7. The molecule has 4 nitrogen and oxygen atoms in total. The minimum absolute atomic E-state index is 0.0452. The van der Waals surface area contributed by atoms with Crippen molar-refractivity contribution in [2.45, 2.75) is 45.4 Å². The number of unbranched alkanes of at least 4 members (excludes halogenated alkanes) is 2. The number of ether oxygens (including phenoxy) is 2. The maximum absolute atomic E-state index is 13.0. The molecule has 1 fully saturated rings. The lowest BCUT2D eigenvalue weighted by atomic mass is 10.1. The van der Waals surface area contributed by atoms with Crippen molar-refractivity contribution in [1.29, 1.82) is 0 Å². The SMILES string of the molecule is CCCCCC1O/C(=C/c2ccccc2)C(=O)N1Cc1ccc(OC)cc1. The van der Waals surface area contributed by atoms with Crippen molar-refractivity contribution in [2.24, 2.45) is 0 Å². The van der Waals surface area contributed by atoms with Gasteiger partial charge < -0.3 is 9.47 Å². The zero-order valence-corrected chi connectivity index (χ0v) is 16.1. The number of methoxy groups -OCH3 is 1. The molecule has 1 unspecified atom stereocenters. The first kappa shape index (κ1) is 19.0. The number of amides is 1. The van der Waals surface area contributed by atoms with E-state index in [0.717, 1.165) is 42.6 Å². The molecule has 1 heterocycles. The van der Waals surface area contributed by atoms with Crippen LogP contribution < -0.4 is 4.74 Å². The van der Waals surface area contributed by atoms with Crippen molar-refractivity contribution < 1.29 is 14.3 Å². The zero-order chi connectivity index (χ0) is 19.1. The predicted molar refractivity (Wildman–Crippen MR) is 107 cm³/mol. The van der Waals surface area contributed by atoms with Gasteiger partial charge in [0.25, 0.3) is 5.91 Å². The monoisotopic (exact) mass is 365 g/mol. The van der Waals surface area contributed by atoms with E-state index in [1.54, 1.807) is 7.11 Å². The van der Waals surface area contributed by atoms with Crippen LogP contribution in [-0.4, -0.2) is 24.1 Å². The number of hydrogen-bond acceptors (Lipinski definition) is 3. The molecular formula is C23H27NO3. The third-order valence-corrected chi connectivity index (χ3v) is 4.75. The second-order valence-electron chi connectivity index (χ2n) is 6.77. The summed E-state index contributed by atoms with van der Waals surface area (Å²) in [5, 5.41) is 0. The first-order valence-corrected chi connectivity index (χ1v) is 9.58. The molecule has 142 valence electrons. The van der Waals surface area contributed by atoms with E-state index < -0.39 is 0 Å². The van der Waals surface area contributed by atoms with Crippen molar-refractivity contribution in [3.63, 3.8) is 0 Å². The molecule has 1 saturated heterocycles. The van der Waals surface area contributed by atoms with Gasteiger partial charge in [0, 0.05) is 13.0 Å². The number of hydrogen-bond donors (Lipinski definition) is 0. The van der Waals surface area contributed by atoms with Gasteiger partial charge in [0.15, 0.2) is 12.0 Å². The number of carbonyl (C=O) groups excluding carboxylic acids is 1. The Hall–Kier alpha value is -2.75. The second-order valence-corrected chi connectivity index (χ2v) is 6.77. The predicted octanol–water partition coefficient (Wildman–Crippen LogP) is 5.00. The summed E-state index contributed by atoms with van der Waals surface area (Å²) in [5.41, 5.74) is 2.04. The van der Waals surface area contributed by atoms with E-state index >= 15 is 0 Å². The highest BCUT2D eigenvalue weighted by Crippen LogP contribution is 2.28. The normalized spacial score (nSPS) is 18.0. The van der Waals surface area contributed by atoms with Crippen LogP contribution >= 0.6 is 0 Å². The van der Waals surface area contributed by atoms with Crippen molar-refractivity contribution in [1.82, 2.24) is 4.90 Å². The standard InChI is InChI=1S/C23H27NO3/c1-3-4-6-11-22-24(17-19-12-14-20(26-2)15-13-19)23(25)21(27-22)16-18-9-7-5-8-10-18/h5,7-10,12-16,22H,3-4,6,11,17H2,1-2H3/b21-16+. The topological polar surface area (TPSA) is 38.8 Å². The summed E-state index contributed by atoms with van der Waals surface area (Å²) >= 11 is 0.